The van der Waals surface area contributed by atoms with Crippen molar-refractivity contribution >= 4 is 11.8 Å². The molecule has 1 N–H and O–H groups in total. The van der Waals surface area contributed by atoms with E-state index in [1.165, 1.54) is 0 Å². The van der Waals surface area contributed by atoms with Crippen LogP contribution in [0.2, 0.25) is 0 Å². The van der Waals surface area contributed by atoms with E-state index >= 15 is 0 Å². The molecule has 0 aliphatic rings. The Morgan fingerprint density at radius 1 is 1.05 bits per heavy atom. The maximum Gasteiger partial charge on any atom is 0.303 e. The van der Waals surface area contributed by atoms with Crippen molar-refractivity contribution in [2.24, 2.45) is 0 Å². The predicted molar refractivity (Wildman–Crippen MR) is 79.8 cm³/mol. The Morgan fingerprint density at radius 3 is 2.35 bits per heavy atom. The van der Waals surface area contributed by atoms with Gasteiger partial charge in [-0.1, -0.05) is 56.5 Å². The summed E-state index contributed by atoms with van der Waals surface area (Å²) in [6.07, 6.45) is 5.27. The van der Waals surface area contributed by atoms with Crippen LogP contribution in [-0.4, -0.2) is 16.9 Å². The summed E-state index contributed by atoms with van der Waals surface area (Å²) in [5, 5.41) is 8.83. The monoisotopic (exact) mass is 276 g/mol. The first-order valence-electron chi connectivity index (χ1n) is 7.44. The Bertz CT molecular complexity index is 412. The Morgan fingerprint density at radius 2 is 1.75 bits per heavy atom. The number of carbonyl (C=O) groups excluding carboxylic acids is 1. The summed E-state index contributed by atoms with van der Waals surface area (Å²) < 4.78 is 0. The van der Waals surface area contributed by atoms with E-state index < -0.39 is 5.97 Å². The molecule has 0 fully saturated rings. The van der Waals surface area contributed by atoms with E-state index in [1.54, 1.807) is 0 Å². The van der Waals surface area contributed by atoms with Gasteiger partial charge in [0.15, 0.2) is 0 Å². The second-order valence-electron chi connectivity index (χ2n) is 5.17. The van der Waals surface area contributed by atoms with Gasteiger partial charge in [0.25, 0.3) is 0 Å². The lowest BCUT2D eigenvalue weighted by Gasteiger charge is -2.15. The largest absolute Gasteiger partial charge is 0.481 e. The SMILES string of the molecule is CCCCCCC(=O)C(CCC(=O)O)c1ccccc1. The molecule has 0 aromatic heterocycles. The van der Waals surface area contributed by atoms with Crippen molar-refractivity contribution in [3.8, 4) is 0 Å². The molecule has 0 saturated carbocycles. The summed E-state index contributed by atoms with van der Waals surface area (Å²) >= 11 is 0. The standard InChI is InChI=1S/C17H24O3/c1-2-3-4-8-11-16(18)15(12-13-17(19)20)14-9-6-5-7-10-14/h5-7,9-10,15H,2-4,8,11-13H2,1H3,(H,19,20). The van der Waals surface area contributed by atoms with Gasteiger partial charge >= 0.3 is 5.97 Å². The lowest BCUT2D eigenvalue weighted by molar-refractivity contribution is -0.137. The zero-order chi connectivity index (χ0) is 14.8. The van der Waals surface area contributed by atoms with Crippen LogP contribution < -0.4 is 0 Å². The molecule has 0 aliphatic heterocycles. The number of ketones is 1. The number of benzene rings is 1. The molecule has 0 heterocycles. The fraction of sp³-hybridized carbons (Fsp3) is 0.529. The zero-order valence-electron chi connectivity index (χ0n) is 12.2. The van der Waals surface area contributed by atoms with Crippen molar-refractivity contribution < 1.29 is 14.7 Å². The normalized spacial score (nSPS) is 12.1. The molecule has 3 nitrogen and oxygen atoms in total. The number of carboxylic acids is 1. The fourth-order valence-electron chi connectivity index (χ4n) is 2.37. The smallest absolute Gasteiger partial charge is 0.303 e. The number of rotatable bonds is 10. The maximum absolute atomic E-state index is 12.3. The molecular formula is C17H24O3. The Kier molecular flexibility index (Phi) is 7.63. The first kappa shape index (κ1) is 16.4. The average molecular weight is 276 g/mol. The number of Topliss-reactive ketones (excluding diaryl/α,β-unsaturated/α-hetero) is 1. The summed E-state index contributed by atoms with van der Waals surface area (Å²) in [4.78, 5) is 23.1. The van der Waals surface area contributed by atoms with Crippen LogP contribution in [0.25, 0.3) is 0 Å². The molecule has 1 aromatic carbocycles. The van der Waals surface area contributed by atoms with Gasteiger partial charge in [0, 0.05) is 18.8 Å². The quantitative estimate of drug-likeness (QED) is 0.652. The Hall–Kier alpha value is -1.64. The van der Waals surface area contributed by atoms with Crippen molar-refractivity contribution in [1.29, 1.82) is 0 Å². The van der Waals surface area contributed by atoms with Gasteiger partial charge in [-0.15, -0.1) is 0 Å². The predicted octanol–water partition coefficient (Wildman–Crippen LogP) is 4.17. The number of hydrogen-bond donors (Lipinski definition) is 1. The van der Waals surface area contributed by atoms with Crippen molar-refractivity contribution in [2.45, 2.75) is 57.8 Å². The molecule has 1 atom stereocenters. The van der Waals surface area contributed by atoms with Gasteiger partial charge in [-0.05, 0) is 18.4 Å². The summed E-state index contributed by atoms with van der Waals surface area (Å²) in [6.45, 7) is 2.14. The molecule has 0 radical (unpaired) electrons. The number of hydrogen-bond acceptors (Lipinski definition) is 2. The summed E-state index contributed by atoms with van der Waals surface area (Å²) in [6, 6.07) is 9.53. The van der Waals surface area contributed by atoms with Crippen molar-refractivity contribution in [1.82, 2.24) is 0 Å². The highest BCUT2D eigenvalue weighted by atomic mass is 16.4. The third-order valence-electron chi connectivity index (χ3n) is 3.51. The van der Waals surface area contributed by atoms with Crippen molar-refractivity contribution in [3.63, 3.8) is 0 Å². The molecule has 1 unspecified atom stereocenters. The van der Waals surface area contributed by atoms with E-state index in [0.717, 1.165) is 31.2 Å². The second kappa shape index (κ2) is 9.29. The zero-order valence-corrected chi connectivity index (χ0v) is 12.2. The average Bonchev–Trinajstić information content (AvgIpc) is 2.44. The topological polar surface area (TPSA) is 54.4 Å². The molecule has 0 amide bonds. The van der Waals surface area contributed by atoms with Crippen LogP contribution in [0.4, 0.5) is 0 Å². The van der Waals surface area contributed by atoms with Gasteiger partial charge in [0.05, 0.1) is 0 Å². The van der Waals surface area contributed by atoms with Crippen LogP contribution in [0.15, 0.2) is 30.3 Å². The number of aliphatic carboxylic acids is 1. The van der Waals surface area contributed by atoms with Crippen LogP contribution in [-0.2, 0) is 9.59 Å². The lowest BCUT2D eigenvalue weighted by Crippen LogP contribution is -2.14. The van der Waals surface area contributed by atoms with Crippen LogP contribution in [0.3, 0.4) is 0 Å². The Labute approximate surface area is 121 Å². The molecule has 0 spiro atoms. The molecular weight excluding hydrogens is 252 g/mol. The molecule has 3 heteroatoms. The highest BCUT2D eigenvalue weighted by Crippen LogP contribution is 2.24. The molecule has 0 bridgehead atoms. The van der Waals surface area contributed by atoms with E-state index in [4.69, 9.17) is 5.11 Å². The van der Waals surface area contributed by atoms with Gasteiger partial charge in [-0.3, -0.25) is 9.59 Å². The second-order valence-corrected chi connectivity index (χ2v) is 5.17. The molecule has 1 rings (SSSR count). The van der Waals surface area contributed by atoms with Crippen LogP contribution in [0, 0.1) is 0 Å². The molecule has 20 heavy (non-hydrogen) atoms. The van der Waals surface area contributed by atoms with Gasteiger partial charge in [0.1, 0.15) is 5.78 Å². The number of unbranched alkanes of at least 4 members (excludes halogenated alkanes) is 3. The van der Waals surface area contributed by atoms with E-state index in [9.17, 15) is 9.59 Å². The van der Waals surface area contributed by atoms with E-state index in [2.05, 4.69) is 6.92 Å². The van der Waals surface area contributed by atoms with Gasteiger partial charge in [-0.25, -0.2) is 0 Å². The minimum Gasteiger partial charge on any atom is -0.481 e. The third-order valence-corrected chi connectivity index (χ3v) is 3.51. The van der Waals surface area contributed by atoms with Gasteiger partial charge < -0.3 is 5.11 Å². The molecule has 0 aliphatic carbocycles. The van der Waals surface area contributed by atoms with Crippen molar-refractivity contribution in [2.75, 3.05) is 0 Å². The highest BCUT2D eigenvalue weighted by molar-refractivity contribution is 5.86. The van der Waals surface area contributed by atoms with Gasteiger partial charge in [-0.2, -0.15) is 0 Å². The Balaban J connectivity index is 2.62. The minimum absolute atomic E-state index is 0.0419. The molecule has 1 aromatic rings. The third kappa shape index (κ3) is 6.00. The number of carbonyl (C=O) groups is 2. The van der Waals surface area contributed by atoms with Crippen LogP contribution in [0.5, 0.6) is 0 Å². The van der Waals surface area contributed by atoms with E-state index in [1.807, 2.05) is 30.3 Å². The van der Waals surface area contributed by atoms with E-state index in [-0.39, 0.29) is 18.1 Å². The lowest BCUT2D eigenvalue weighted by atomic mass is 9.88. The minimum atomic E-state index is -0.843. The molecule has 0 saturated heterocycles. The first-order chi connectivity index (χ1) is 9.65. The first-order valence-corrected chi connectivity index (χ1v) is 7.44. The highest BCUT2D eigenvalue weighted by Gasteiger charge is 2.20. The van der Waals surface area contributed by atoms with E-state index in [0.29, 0.717) is 12.8 Å². The van der Waals surface area contributed by atoms with Crippen LogP contribution >= 0.6 is 0 Å². The number of carboxylic acid groups (broad SMARTS) is 1. The van der Waals surface area contributed by atoms with Crippen molar-refractivity contribution in [3.05, 3.63) is 35.9 Å². The summed E-state index contributed by atoms with van der Waals surface area (Å²) in [7, 11) is 0. The fourth-order valence-corrected chi connectivity index (χ4v) is 2.37. The maximum atomic E-state index is 12.3. The van der Waals surface area contributed by atoms with Gasteiger partial charge in [0.2, 0.25) is 0 Å². The summed E-state index contributed by atoms with van der Waals surface area (Å²) in [5.74, 6) is -0.938. The summed E-state index contributed by atoms with van der Waals surface area (Å²) in [5.41, 5.74) is 0.939. The van der Waals surface area contributed by atoms with Crippen LogP contribution in [0.1, 0.15) is 63.4 Å². The molecule has 110 valence electrons.